The number of carboxylic acids is 1. The number of carbonyl (C=O) groups is 2. The number of hydrogen-bond donors (Lipinski definition) is 5. The Hall–Kier alpha value is -4.90. The van der Waals surface area contributed by atoms with Crippen LogP contribution in [0.1, 0.15) is 31.8 Å². The van der Waals surface area contributed by atoms with E-state index in [4.69, 9.17) is 14.8 Å². The molecule has 194 valence electrons. The van der Waals surface area contributed by atoms with Gasteiger partial charge in [0.05, 0.1) is 23.4 Å². The number of ether oxygens (including phenoxy) is 1. The van der Waals surface area contributed by atoms with Crippen molar-refractivity contribution in [2.75, 3.05) is 10.8 Å². The quantitative estimate of drug-likeness (QED) is 0.126. The molecule has 38 heavy (non-hydrogen) atoms. The Kier molecular flexibility index (Phi) is 8.52. The Morgan fingerprint density at radius 2 is 1.34 bits per heavy atom. The summed E-state index contributed by atoms with van der Waals surface area (Å²) in [6, 6.07) is 24.5. The van der Waals surface area contributed by atoms with Crippen LogP contribution in [0, 0.1) is 0 Å². The van der Waals surface area contributed by atoms with Crippen molar-refractivity contribution in [1.82, 2.24) is 0 Å². The zero-order valence-electron chi connectivity index (χ0n) is 20.0. The normalized spacial score (nSPS) is 10.6. The van der Waals surface area contributed by atoms with Gasteiger partial charge in [0, 0.05) is 5.69 Å². The van der Waals surface area contributed by atoms with Crippen molar-refractivity contribution >= 4 is 23.3 Å². The van der Waals surface area contributed by atoms with Crippen LogP contribution in [0.25, 0.3) is 0 Å². The minimum Gasteiger partial charge on any atom is -0.508 e. The van der Waals surface area contributed by atoms with E-state index in [9.17, 15) is 19.8 Å². The largest absolute Gasteiger partial charge is 0.508 e. The number of phenolic OH excluding ortho intramolecular Hbond substituents is 1. The molecule has 0 aromatic heterocycles. The molecule has 0 saturated heterocycles. The van der Waals surface area contributed by atoms with E-state index in [0.717, 1.165) is 17.2 Å². The summed E-state index contributed by atoms with van der Waals surface area (Å²) in [6.45, 7) is 0.339. The molecule has 0 fully saturated rings. The van der Waals surface area contributed by atoms with E-state index in [-0.39, 0.29) is 30.1 Å². The molecule has 0 radical (unpaired) electrons. The standard InChI is InChI=1S/C28H24N2O8/c31-22-9-14-25(28(33)34)26(15-22)27(32)29-20-5-10-23(11-6-20)38-24-12-7-21(8-13-24)30-36-16-18-3-1-2-4-19(18)17-37-35/h1-15,30-31,35H,16-17H2,(H,29,32)(H,33,34). The first-order chi connectivity index (χ1) is 18.4. The maximum Gasteiger partial charge on any atom is 0.336 e. The van der Waals surface area contributed by atoms with Gasteiger partial charge in [-0.1, -0.05) is 24.3 Å². The molecular formula is C28H24N2O8. The number of rotatable bonds is 11. The van der Waals surface area contributed by atoms with Crippen molar-refractivity contribution in [2.24, 2.45) is 0 Å². The minimum absolute atomic E-state index is 0.0716. The van der Waals surface area contributed by atoms with Crippen LogP contribution >= 0.6 is 0 Å². The topological polar surface area (TPSA) is 147 Å². The lowest BCUT2D eigenvalue weighted by molar-refractivity contribution is -0.253. The van der Waals surface area contributed by atoms with Crippen LogP contribution in [0.5, 0.6) is 17.2 Å². The molecule has 0 heterocycles. The van der Waals surface area contributed by atoms with Gasteiger partial charge in [0.1, 0.15) is 23.9 Å². The Morgan fingerprint density at radius 1 is 0.737 bits per heavy atom. The molecule has 0 atom stereocenters. The fraction of sp³-hybridized carbons (Fsp3) is 0.0714. The van der Waals surface area contributed by atoms with Gasteiger partial charge in [-0.2, -0.15) is 0 Å². The van der Waals surface area contributed by atoms with Crippen LogP contribution in [0.15, 0.2) is 91.0 Å². The van der Waals surface area contributed by atoms with Crippen LogP contribution in [-0.2, 0) is 22.9 Å². The summed E-state index contributed by atoms with van der Waals surface area (Å²) < 4.78 is 5.83. The highest BCUT2D eigenvalue weighted by Gasteiger charge is 2.17. The molecule has 5 N–H and O–H groups in total. The maximum atomic E-state index is 12.6. The van der Waals surface area contributed by atoms with Crippen LogP contribution in [0.3, 0.4) is 0 Å². The smallest absolute Gasteiger partial charge is 0.336 e. The molecule has 0 aliphatic rings. The summed E-state index contributed by atoms with van der Waals surface area (Å²) in [5.41, 5.74) is 5.30. The number of carbonyl (C=O) groups excluding carboxylic acids is 1. The highest BCUT2D eigenvalue weighted by Crippen LogP contribution is 2.25. The van der Waals surface area contributed by atoms with Crippen molar-refractivity contribution in [3.05, 3.63) is 113 Å². The average molecular weight is 517 g/mol. The van der Waals surface area contributed by atoms with Gasteiger partial charge < -0.3 is 20.3 Å². The van der Waals surface area contributed by atoms with Gasteiger partial charge in [-0.25, -0.2) is 9.68 Å². The molecule has 0 spiro atoms. The minimum atomic E-state index is -1.27. The third-order valence-corrected chi connectivity index (χ3v) is 5.44. The van der Waals surface area contributed by atoms with Gasteiger partial charge in [-0.05, 0) is 77.9 Å². The predicted molar refractivity (Wildman–Crippen MR) is 138 cm³/mol. The van der Waals surface area contributed by atoms with Crippen LogP contribution < -0.4 is 15.5 Å². The summed E-state index contributed by atoms with van der Waals surface area (Å²) in [7, 11) is 0. The number of amides is 1. The molecule has 0 aliphatic heterocycles. The third kappa shape index (κ3) is 6.86. The number of anilines is 2. The summed E-state index contributed by atoms with van der Waals surface area (Å²) in [5, 5.41) is 30.2. The maximum absolute atomic E-state index is 12.6. The second-order valence-corrected chi connectivity index (χ2v) is 8.07. The van der Waals surface area contributed by atoms with E-state index in [1.165, 1.54) is 12.1 Å². The van der Waals surface area contributed by atoms with E-state index in [2.05, 4.69) is 15.7 Å². The summed E-state index contributed by atoms with van der Waals surface area (Å²) in [5.74, 6) is -1.06. The second kappa shape index (κ2) is 12.4. The predicted octanol–water partition coefficient (Wildman–Crippen LogP) is 5.67. The van der Waals surface area contributed by atoms with Crippen molar-refractivity contribution in [3.8, 4) is 17.2 Å². The number of aromatic hydroxyl groups is 1. The van der Waals surface area contributed by atoms with Crippen LogP contribution in [0.4, 0.5) is 11.4 Å². The van der Waals surface area contributed by atoms with E-state index in [0.29, 0.717) is 22.9 Å². The SMILES string of the molecule is O=C(O)c1ccc(O)cc1C(=O)Nc1ccc(Oc2ccc(NOCc3ccccc3COO)cc2)cc1. The second-order valence-electron chi connectivity index (χ2n) is 8.07. The number of carboxylic acid groups (broad SMARTS) is 1. The molecule has 4 rings (SSSR count). The molecular weight excluding hydrogens is 492 g/mol. The Morgan fingerprint density at radius 3 is 1.95 bits per heavy atom. The van der Waals surface area contributed by atoms with Crippen LogP contribution in [0.2, 0.25) is 0 Å². The first-order valence-corrected chi connectivity index (χ1v) is 11.4. The van der Waals surface area contributed by atoms with Crippen molar-refractivity contribution < 1.29 is 39.5 Å². The lowest BCUT2D eigenvalue weighted by Gasteiger charge is -2.11. The van der Waals surface area contributed by atoms with Crippen molar-refractivity contribution in [1.29, 1.82) is 0 Å². The van der Waals surface area contributed by atoms with Gasteiger partial charge in [0.15, 0.2) is 0 Å². The van der Waals surface area contributed by atoms with Crippen molar-refractivity contribution in [2.45, 2.75) is 13.2 Å². The van der Waals surface area contributed by atoms with Gasteiger partial charge in [-0.3, -0.25) is 20.4 Å². The molecule has 4 aromatic carbocycles. The molecule has 1 amide bonds. The van der Waals surface area contributed by atoms with E-state index >= 15 is 0 Å². The first kappa shape index (κ1) is 26.2. The lowest BCUT2D eigenvalue weighted by Crippen LogP contribution is -2.16. The summed E-state index contributed by atoms with van der Waals surface area (Å²) >= 11 is 0. The molecule has 0 saturated carbocycles. The number of nitrogens with one attached hydrogen (secondary N) is 2. The van der Waals surface area contributed by atoms with E-state index in [1.54, 1.807) is 48.5 Å². The fourth-order valence-electron chi connectivity index (χ4n) is 3.54. The Bertz CT molecular complexity index is 1410. The van der Waals surface area contributed by atoms with Gasteiger partial charge >= 0.3 is 5.97 Å². The van der Waals surface area contributed by atoms with Gasteiger partial charge in [0.25, 0.3) is 5.91 Å². The summed E-state index contributed by atoms with van der Waals surface area (Å²) in [6.07, 6.45) is 0. The Labute approximate surface area is 217 Å². The highest BCUT2D eigenvalue weighted by atomic mass is 17.1. The van der Waals surface area contributed by atoms with E-state index < -0.39 is 11.9 Å². The van der Waals surface area contributed by atoms with Gasteiger partial charge in [-0.15, -0.1) is 0 Å². The lowest BCUT2D eigenvalue weighted by atomic mass is 10.1. The number of hydrogen-bond acceptors (Lipinski definition) is 8. The van der Waals surface area contributed by atoms with Crippen molar-refractivity contribution in [3.63, 3.8) is 0 Å². The van der Waals surface area contributed by atoms with E-state index in [1.807, 2.05) is 24.3 Å². The van der Waals surface area contributed by atoms with Crippen LogP contribution in [-0.4, -0.2) is 27.3 Å². The number of phenols is 1. The molecule has 10 nitrogen and oxygen atoms in total. The molecule has 0 bridgehead atoms. The fourth-order valence-corrected chi connectivity index (χ4v) is 3.54. The zero-order valence-corrected chi connectivity index (χ0v) is 20.0. The van der Waals surface area contributed by atoms with Gasteiger partial charge in [0.2, 0.25) is 0 Å². The average Bonchev–Trinajstić information content (AvgIpc) is 2.91. The highest BCUT2D eigenvalue weighted by molar-refractivity contribution is 6.11. The monoisotopic (exact) mass is 516 g/mol. The molecule has 10 heteroatoms. The molecule has 0 aliphatic carbocycles. The Balaban J connectivity index is 1.30. The number of benzene rings is 4. The molecule has 4 aromatic rings. The summed E-state index contributed by atoms with van der Waals surface area (Å²) in [4.78, 5) is 33.7. The zero-order chi connectivity index (χ0) is 26.9. The molecule has 0 unspecified atom stereocenters. The number of aromatic carboxylic acids is 1. The first-order valence-electron chi connectivity index (χ1n) is 11.4. The third-order valence-electron chi connectivity index (χ3n) is 5.44.